The molecule has 0 saturated carbocycles. The van der Waals surface area contributed by atoms with Gasteiger partial charge in [0.05, 0.1) is 0 Å². The first-order valence-corrected chi connectivity index (χ1v) is 7.74. The fourth-order valence-electron chi connectivity index (χ4n) is 2.89. The molecule has 0 radical (unpaired) electrons. The third-order valence-corrected chi connectivity index (χ3v) is 4.09. The van der Waals surface area contributed by atoms with Crippen LogP contribution in [0.5, 0.6) is 0 Å². The molecular weight excluding hydrogens is 258 g/mol. The summed E-state index contributed by atoms with van der Waals surface area (Å²) in [7, 11) is 2.19. The molecule has 2 heterocycles. The molecule has 0 bridgehead atoms. The van der Waals surface area contributed by atoms with Crippen molar-refractivity contribution in [2.45, 2.75) is 25.8 Å². The minimum absolute atomic E-state index is 1.01. The zero-order chi connectivity index (χ0) is 14.5. The van der Waals surface area contributed by atoms with E-state index in [4.69, 9.17) is 0 Å². The fraction of sp³-hybridized carbons (Fsp3) is 0.389. The lowest BCUT2D eigenvalue weighted by Gasteiger charge is -2.21. The molecule has 110 valence electrons. The highest BCUT2D eigenvalue weighted by molar-refractivity contribution is 5.54. The van der Waals surface area contributed by atoms with Gasteiger partial charge in [-0.2, -0.15) is 0 Å². The van der Waals surface area contributed by atoms with Gasteiger partial charge in [0.15, 0.2) is 0 Å². The van der Waals surface area contributed by atoms with Crippen molar-refractivity contribution < 1.29 is 0 Å². The van der Waals surface area contributed by atoms with Crippen molar-refractivity contribution in [1.29, 1.82) is 0 Å². The number of hydrogen-bond acceptors (Lipinski definition) is 3. The molecule has 0 fully saturated rings. The Morgan fingerprint density at radius 1 is 1.14 bits per heavy atom. The van der Waals surface area contributed by atoms with Crippen LogP contribution in [-0.4, -0.2) is 30.0 Å². The Kier molecular flexibility index (Phi) is 4.51. The number of rotatable bonds is 5. The van der Waals surface area contributed by atoms with Crippen LogP contribution in [0.3, 0.4) is 0 Å². The summed E-state index contributed by atoms with van der Waals surface area (Å²) in [5.41, 5.74) is 5.56. The van der Waals surface area contributed by atoms with Crippen LogP contribution in [0.25, 0.3) is 0 Å². The summed E-state index contributed by atoms with van der Waals surface area (Å²) in [5.74, 6) is 0. The Bertz CT molecular complexity index is 580. The highest BCUT2D eigenvalue weighted by Crippen LogP contribution is 2.23. The Hall–Kier alpha value is -1.87. The molecule has 3 heteroatoms. The monoisotopic (exact) mass is 281 g/mol. The molecule has 0 atom stereocenters. The normalized spacial score (nSPS) is 13.8. The summed E-state index contributed by atoms with van der Waals surface area (Å²) < 4.78 is 0. The molecule has 0 unspecified atom stereocenters. The molecular formula is C18H23N3. The largest absolute Gasteiger partial charge is 0.385 e. The van der Waals surface area contributed by atoms with Gasteiger partial charge in [-0.3, -0.25) is 4.98 Å². The summed E-state index contributed by atoms with van der Waals surface area (Å²) in [6, 6.07) is 11.0. The number of pyridine rings is 1. The van der Waals surface area contributed by atoms with Crippen LogP contribution in [-0.2, 0) is 19.4 Å². The smallest absolute Gasteiger partial charge is 0.0372 e. The molecule has 3 rings (SSSR count). The second-order valence-corrected chi connectivity index (χ2v) is 5.87. The van der Waals surface area contributed by atoms with E-state index in [0.717, 1.165) is 26.1 Å². The number of fused-ring (bicyclic) bond motifs is 1. The Balaban J connectivity index is 1.56. The summed E-state index contributed by atoms with van der Waals surface area (Å²) in [6.07, 6.45) is 7.26. The lowest BCUT2D eigenvalue weighted by molar-refractivity contribution is 0.331. The lowest BCUT2D eigenvalue weighted by atomic mass is 10.0. The number of anilines is 1. The van der Waals surface area contributed by atoms with E-state index in [2.05, 4.69) is 52.6 Å². The molecule has 0 aliphatic carbocycles. The van der Waals surface area contributed by atoms with Crippen molar-refractivity contribution in [3.8, 4) is 0 Å². The molecule has 0 spiro atoms. The molecule has 21 heavy (non-hydrogen) atoms. The number of nitrogens with one attached hydrogen (secondary N) is 1. The predicted molar refractivity (Wildman–Crippen MR) is 87.5 cm³/mol. The van der Waals surface area contributed by atoms with Crippen molar-refractivity contribution >= 4 is 5.69 Å². The van der Waals surface area contributed by atoms with Gasteiger partial charge >= 0.3 is 0 Å². The van der Waals surface area contributed by atoms with Gasteiger partial charge in [-0.15, -0.1) is 0 Å². The van der Waals surface area contributed by atoms with Crippen LogP contribution in [0.4, 0.5) is 5.69 Å². The third-order valence-electron chi connectivity index (χ3n) is 4.09. The topological polar surface area (TPSA) is 28.2 Å². The van der Waals surface area contributed by atoms with E-state index in [1.807, 2.05) is 12.4 Å². The maximum Gasteiger partial charge on any atom is 0.0372 e. The first-order valence-electron chi connectivity index (χ1n) is 7.74. The fourth-order valence-corrected chi connectivity index (χ4v) is 2.89. The molecule has 2 aromatic rings. The van der Waals surface area contributed by atoms with Gasteiger partial charge in [0.2, 0.25) is 0 Å². The maximum absolute atomic E-state index is 4.06. The Morgan fingerprint density at radius 2 is 2.00 bits per heavy atom. The minimum atomic E-state index is 1.01. The van der Waals surface area contributed by atoms with E-state index in [9.17, 15) is 0 Å². The highest BCUT2D eigenvalue weighted by Gasteiger charge is 2.09. The average Bonchev–Trinajstić information content (AvgIpc) is 2.54. The Labute approximate surface area is 127 Å². The van der Waals surface area contributed by atoms with Gasteiger partial charge in [-0.1, -0.05) is 12.1 Å². The van der Waals surface area contributed by atoms with Crippen molar-refractivity contribution in [3.05, 3.63) is 59.4 Å². The lowest BCUT2D eigenvalue weighted by Crippen LogP contribution is -2.21. The van der Waals surface area contributed by atoms with Crippen molar-refractivity contribution in [2.75, 3.05) is 25.5 Å². The number of likely N-dealkylation sites (N-methyl/N-ethyl adjacent to an activating group) is 1. The number of nitrogens with zero attached hydrogens (tertiary/aromatic N) is 2. The van der Waals surface area contributed by atoms with E-state index in [1.54, 1.807) is 0 Å². The van der Waals surface area contributed by atoms with Gasteiger partial charge in [0, 0.05) is 37.7 Å². The van der Waals surface area contributed by atoms with Crippen LogP contribution in [0.1, 0.15) is 23.1 Å². The van der Waals surface area contributed by atoms with E-state index >= 15 is 0 Å². The second-order valence-electron chi connectivity index (χ2n) is 5.87. The number of aromatic nitrogens is 1. The molecule has 1 aliphatic rings. The standard InChI is InChI=1S/C18H23N3/c1-21(12-8-15-6-10-19-11-7-15)14-16-4-5-18-17(13-16)3-2-9-20-18/h4-7,10-11,13,20H,2-3,8-9,12,14H2,1H3. The summed E-state index contributed by atoms with van der Waals surface area (Å²) in [4.78, 5) is 6.45. The zero-order valence-corrected chi connectivity index (χ0v) is 12.7. The van der Waals surface area contributed by atoms with Gasteiger partial charge in [-0.25, -0.2) is 0 Å². The quantitative estimate of drug-likeness (QED) is 0.912. The van der Waals surface area contributed by atoms with Gasteiger partial charge in [0.1, 0.15) is 0 Å². The third kappa shape index (κ3) is 3.82. The van der Waals surface area contributed by atoms with Crippen LogP contribution >= 0.6 is 0 Å². The number of aryl methyl sites for hydroxylation is 1. The van der Waals surface area contributed by atoms with E-state index < -0.39 is 0 Å². The molecule has 1 aliphatic heterocycles. The SMILES string of the molecule is CN(CCc1ccncc1)Cc1ccc2c(c1)CCCN2. The molecule has 0 amide bonds. The average molecular weight is 281 g/mol. The molecule has 1 aromatic heterocycles. The van der Waals surface area contributed by atoms with Crippen LogP contribution in [0.2, 0.25) is 0 Å². The van der Waals surface area contributed by atoms with Gasteiger partial charge in [0.25, 0.3) is 0 Å². The van der Waals surface area contributed by atoms with Crippen LogP contribution in [0, 0.1) is 0 Å². The van der Waals surface area contributed by atoms with Crippen LogP contribution in [0.15, 0.2) is 42.7 Å². The summed E-state index contributed by atoms with van der Waals surface area (Å²) in [5, 5.41) is 3.47. The minimum Gasteiger partial charge on any atom is -0.385 e. The van der Waals surface area contributed by atoms with Crippen molar-refractivity contribution in [3.63, 3.8) is 0 Å². The van der Waals surface area contributed by atoms with Gasteiger partial charge in [-0.05, 0) is 61.2 Å². The molecule has 3 nitrogen and oxygen atoms in total. The zero-order valence-electron chi connectivity index (χ0n) is 12.7. The summed E-state index contributed by atoms with van der Waals surface area (Å²) in [6.45, 7) is 3.19. The first kappa shape index (κ1) is 14.1. The van der Waals surface area contributed by atoms with Crippen LogP contribution < -0.4 is 5.32 Å². The maximum atomic E-state index is 4.06. The van der Waals surface area contributed by atoms with E-state index in [0.29, 0.717) is 0 Å². The van der Waals surface area contributed by atoms with E-state index in [-0.39, 0.29) is 0 Å². The van der Waals surface area contributed by atoms with Gasteiger partial charge < -0.3 is 10.2 Å². The molecule has 0 saturated heterocycles. The second kappa shape index (κ2) is 6.72. The first-order chi connectivity index (χ1) is 10.3. The van der Waals surface area contributed by atoms with Crippen molar-refractivity contribution in [2.24, 2.45) is 0 Å². The summed E-state index contributed by atoms with van der Waals surface area (Å²) >= 11 is 0. The predicted octanol–water partition coefficient (Wildman–Crippen LogP) is 3.11. The number of hydrogen-bond donors (Lipinski definition) is 1. The van der Waals surface area contributed by atoms with Crippen molar-refractivity contribution in [1.82, 2.24) is 9.88 Å². The number of benzene rings is 1. The molecule has 1 aromatic carbocycles. The molecule has 1 N–H and O–H groups in total. The highest BCUT2D eigenvalue weighted by atomic mass is 15.1. The Morgan fingerprint density at radius 3 is 2.86 bits per heavy atom. The van der Waals surface area contributed by atoms with E-state index in [1.165, 1.54) is 35.2 Å².